The molecule has 0 spiro atoms. The Balaban J connectivity index is 1.80. The molecule has 8 heteroatoms. The minimum Gasteiger partial charge on any atom is -0.345 e. The van der Waals surface area contributed by atoms with Crippen LogP contribution in [-0.2, 0) is 9.84 Å². The van der Waals surface area contributed by atoms with E-state index in [4.69, 9.17) is 0 Å². The molecule has 26 heavy (non-hydrogen) atoms. The number of hydrogen-bond donors (Lipinski definition) is 2. The van der Waals surface area contributed by atoms with Gasteiger partial charge in [0.2, 0.25) is 0 Å². The van der Waals surface area contributed by atoms with E-state index >= 15 is 0 Å². The van der Waals surface area contributed by atoms with Gasteiger partial charge in [0.05, 0.1) is 16.5 Å². The van der Waals surface area contributed by atoms with E-state index in [2.05, 4.69) is 20.5 Å². The maximum Gasteiger partial charge on any atom is 0.252 e. The molecule has 1 atom stereocenters. The summed E-state index contributed by atoms with van der Waals surface area (Å²) in [6, 6.07) is 13.3. The molecule has 1 heterocycles. The lowest BCUT2D eigenvalue weighted by atomic mass is 10.0. The van der Waals surface area contributed by atoms with Crippen LogP contribution in [0.2, 0.25) is 0 Å². The average Bonchev–Trinajstić information content (AvgIpc) is 3.15. The number of aromatic nitrogens is 3. The monoisotopic (exact) mass is 370 g/mol. The first kappa shape index (κ1) is 17.8. The first-order valence-electron chi connectivity index (χ1n) is 7.92. The van der Waals surface area contributed by atoms with Gasteiger partial charge < -0.3 is 5.32 Å². The SMILES string of the molecule is C[C@H](NC(=O)c1ccccc1-c1ncn[nH]1)c1ccc(S(C)(=O)=O)cc1. The summed E-state index contributed by atoms with van der Waals surface area (Å²) in [5.74, 6) is 0.262. The molecule has 0 aliphatic rings. The summed E-state index contributed by atoms with van der Waals surface area (Å²) >= 11 is 0. The number of aromatic amines is 1. The first-order chi connectivity index (χ1) is 12.4. The molecule has 0 radical (unpaired) electrons. The quantitative estimate of drug-likeness (QED) is 0.717. The fraction of sp³-hybridized carbons (Fsp3) is 0.167. The van der Waals surface area contributed by atoms with Gasteiger partial charge in [0.25, 0.3) is 5.91 Å². The minimum absolute atomic E-state index is 0.246. The van der Waals surface area contributed by atoms with Crippen LogP contribution in [0.15, 0.2) is 59.8 Å². The zero-order chi connectivity index (χ0) is 18.7. The van der Waals surface area contributed by atoms with Crippen molar-refractivity contribution in [1.29, 1.82) is 0 Å². The molecule has 0 fully saturated rings. The molecule has 2 N–H and O–H groups in total. The van der Waals surface area contributed by atoms with Crippen molar-refractivity contribution < 1.29 is 13.2 Å². The smallest absolute Gasteiger partial charge is 0.252 e. The normalized spacial score (nSPS) is 12.5. The van der Waals surface area contributed by atoms with Crippen LogP contribution >= 0.6 is 0 Å². The van der Waals surface area contributed by atoms with Gasteiger partial charge in [0, 0.05) is 11.8 Å². The number of nitrogens with one attached hydrogen (secondary N) is 2. The maximum absolute atomic E-state index is 12.7. The second kappa shape index (κ2) is 7.09. The molecule has 1 amide bonds. The van der Waals surface area contributed by atoms with Gasteiger partial charge in [0.15, 0.2) is 15.7 Å². The molecule has 134 valence electrons. The Morgan fingerprint density at radius 2 is 1.81 bits per heavy atom. The average molecular weight is 370 g/mol. The summed E-state index contributed by atoms with van der Waals surface area (Å²) in [6.07, 6.45) is 2.55. The predicted octanol–water partition coefficient (Wildman–Crippen LogP) is 2.37. The van der Waals surface area contributed by atoms with Gasteiger partial charge in [-0.05, 0) is 30.7 Å². The van der Waals surface area contributed by atoms with Crippen molar-refractivity contribution in [3.8, 4) is 11.4 Å². The fourth-order valence-electron chi connectivity index (χ4n) is 2.58. The molecule has 0 aliphatic carbocycles. The lowest BCUT2D eigenvalue weighted by Gasteiger charge is -2.16. The van der Waals surface area contributed by atoms with Crippen molar-refractivity contribution >= 4 is 15.7 Å². The number of hydrogen-bond acceptors (Lipinski definition) is 5. The van der Waals surface area contributed by atoms with Crippen molar-refractivity contribution in [3.05, 3.63) is 66.0 Å². The lowest BCUT2D eigenvalue weighted by Crippen LogP contribution is -2.27. The molecule has 0 unspecified atom stereocenters. The van der Waals surface area contributed by atoms with E-state index in [0.29, 0.717) is 17.0 Å². The number of H-pyrrole nitrogens is 1. The molecule has 1 aromatic heterocycles. The molecule has 0 saturated carbocycles. The summed E-state index contributed by atoms with van der Waals surface area (Å²) in [6.45, 7) is 1.84. The molecular formula is C18H18N4O3S. The third-order valence-corrected chi connectivity index (χ3v) is 5.13. The number of nitrogens with zero attached hydrogens (tertiary/aromatic N) is 2. The highest BCUT2D eigenvalue weighted by atomic mass is 32.2. The van der Waals surface area contributed by atoms with E-state index < -0.39 is 9.84 Å². The van der Waals surface area contributed by atoms with Crippen molar-refractivity contribution in [2.45, 2.75) is 17.9 Å². The summed E-state index contributed by atoms with van der Waals surface area (Å²) < 4.78 is 23.1. The van der Waals surface area contributed by atoms with Gasteiger partial charge in [-0.15, -0.1) is 0 Å². The second-order valence-corrected chi connectivity index (χ2v) is 7.93. The van der Waals surface area contributed by atoms with Crippen molar-refractivity contribution in [3.63, 3.8) is 0 Å². The van der Waals surface area contributed by atoms with Crippen LogP contribution in [-0.4, -0.2) is 35.8 Å². The Morgan fingerprint density at radius 3 is 2.42 bits per heavy atom. The van der Waals surface area contributed by atoms with E-state index in [1.165, 1.54) is 18.5 Å². The van der Waals surface area contributed by atoms with E-state index in [9.17, 15) is 13.2 Å². The Hall–Kier alpha value is -3.00. The van der Waals surface area contributed by atoms with Crippen molar-refractivity contribution in [1.82, 2.24) is 20.5 Å². The Kier molecular flexibility index (Phi) is 4.85. The zero-order valence-corrected chi connectivity index (χ0v) is 15.1. The molecule has 2 aromatic carbocycles. The Labute approximate surface area is 151 Å². The van der Waals surface area contributed by atoms with Crippen LogP contribution in [0.5, 0.6) is 0 Å². The minimum atomic E-state index is -3.25. The van der Waals surface area contributed by atoms with Gasteiger partial charge in [-0.25, -0.2) is 13.4 Å². The second-order valence-electron chi connectivity index (χ2n) is 5.92. The molecular weight excluding hydrogens is 352 g/mol. The van der Waals surface area contributed by atoms with Crippen LogP contribution < -0.4 is 5.32 Å². The number of benzene rings is 2. The van der Waals surface area contributed by atoms with E-state index in [0.717, 1.165) is 11.8 Å². The van der Waals surface area contributed by atoms with Crippen LogP contribution in [0.1, 0.15) is 28.9 Å². The molecule has 0 bridgehead atoms. The van der Waals surface area contributed by atoms with Gasteiger partial charge >= 0.3 is 0 Å². The number of carbonyl (C=O) groups is 1. The fourth-order valence-corrected chi connectivity index (χ4v) is 3.21. The van der Waals surface area contributed by atoms with Crippen molar-refractivity contribution in [2.75, 3.05) is 6.26 Å². The Bertz CT molecular complexity index is 1010. The highest BCUT2D eigenvalue weighted by molar-refractivity contribution is 7.90. The summed E-state index contributed by atoms with van der Waals surface area (Å²) in [7, 11) is -3.25. The van der Waals surface area contributed by atoms with Gasteiger partial charge in [-0.2, -0.15) is 5.10 Å². The van der Waals surface area contributed by atoms with Crippen molar-refractivity contribution in [2.24, 2.45) is 0 Å². The highest BCUT2D eigenvalue weighted by Crippen LogP contribution is 2.21. The Morgan fingerprint density at radius 1 is 1.12 bits per heavy atom. The van der Waals surface area contributed by atoms with Crippen LogP contribution in [0.25, 0.3) is 11.4 Å². The van der Waals surface area contributed by atoms with E-state index in [1.807, 2.05) is 13.0 Å². The zero-order valence-electron chi connectivity index (χ0n) is 14.3. The van der Waals surface area contributed by atoms with Crippen LogP contribution in [0.4, 0.5) is 0 Å². The number of sulfone groups is 1. The molecule has 0 aliphatic heterocycles. The van der Waals surface area contributed by atoms with Crippen LogP contribution in [0, 0.1) is 0 Å². The van der Waals surface area contributed by atoms with Gasteiger partial charge in [-0.1, -0.05) is 30.3 Å². The number of rotatable bonds is 5. The summed E-state index contributed by atoms with van der Waals surface area (Å²) in [5.41, 5.74) is 1.94. The van der Waals surface area contributed by atoms with E-state index in [1.54, 1.807) is 30.3 Å². The van der Waals surface area contributed by atoms with E-state index in [-0.39, 0.29) is 16.8 Å². The third kappa shape index (κ3) is 3.80. The third-order valence-electron chi connectivity index (χ3n) is 4.00. The lowest BCUT2D eigenvalue weighted by molar-refractivity contribution is 0.0940. The van der Waals surface area contributed by atoms with Gasteiger partial charge in [0.1, 0.15) is 6.33 Å². The van der Waals surface area contributed by atoms with Crippen LogP contribution in [0.3, 0.4) is 0 Å². The number of amides is 1. The first-order valence-corrected chi connectivity index (χ1v) is 9.81. The topological polar surface area (TPSA) is 105 Å². The predicted molar refractivity (Wildman–Crippen MR) is 97.3 cm³/mol. The molecule has 3 rings (SSSR count). The maximum atomic E-state index is 12.7. The highest BCUT2D eigenvalue weighted by Gasteiger charge is 2.17. The standard InChI is InChI=1S/C18H18N4O3S/c1-12(13-7-9-14(10-8-13)26(2,24)25)21-18(23)16-6-4-3-5-15(16)17-19-11-20-22-17/h3-12H,1-2H3,(H,21,23)(H,19,20,22)/t12-/m0/s1. The molecule has 3 aromatic rings. The molecule has 0 saturated heterocycles. The number of carbonyl (C=O) groups excluding carboxylic acids is 1. The molecule has 7 nitrogen and oxygen atoms in total. The largest absolute Gasteiger partial charge is 0.345 e. The summed E-state index contributed by atoms with van der Waals surface area (Å²) in [5, 5.41) is 9.50. The summed E-state index contributed by atoms with van der Waals surface area (Å²) in [4.78, 5) is 17.0. The van der Waals surface area contributed by atoms with Gasteiger partial charge in [-0.3, -0.25) is 9.89 Å².